The molecule has 0 aliphatic heterocycles. The third kappa shape index (κ3) is 3.87. The van der Waals surface area contributed by atoms with Crippen LogP contribution in [0.2, 0.25) is 5.02 Å². The molecule has 0 unspecified atom stereocenters. The molecule has 0 spiro atoms. The summed E-state index contributed by atoms with van der Waals surface area (Å²) in [7, 11) is 4.69. The first-order valence-corrected chi connectivity index (χ1v) is 5.81. The third-order valence-electron chi connectivity index (χ3n) is 2.44. The number of ether oxygens (including phenoxy) is 2. The fourth-order valence-electron chi connectivity index (χ4n) is 1.41. The van der Waals surface area contributed by atoms with Gasteiger partial charge in [0.05, 0.1) is 17.1 Å². The van der Waals surface area contributed by atoms with Gasteiger partial charge in [0.15, 0.2) is 6.29 Å². The Hall–Kier alpha value is -1.30. The highest BCUT2D eigenvalue weighted by molar-refractivity contribution is 6.34. The van der Waals surface area contributed by atoms with E-state index in [0.29, 0.717) is 17.1 Å². The zero-order valence-corrected chi connectivity index (χ0v) is 11.4. The number of carbonyl (C=O) groups is 1. The van der Waals surface area contributed by atoms with Crippen LogP contribution in [0.25, 0.3) is 0 Å². The first-order valence-electron chi connectivity index (χ1n) is 5.43. The lowest BCUT2D eigenvalue weighted by Gasteiger charge is -2.15. The van der Waals surface area contributed by atoms with Crippen LogP contribution < -0.4 is 10.6 Å². The van der Waals surface area contributed by atoms with Crippen LogP contribution in [0.15, 0.2) is 18.2 Å². The van der Waals surface area contributed by atoms with Gasteiger partial charge in [0.1, 0.15) is 0 Å². The second-order valence-electron chi connectivity index (χ2n) is 3.56. The van der Waals surface area contributed by atoms with E-state index in [2.05, 4.69) is 10.6 Å². The number of carbonyl (C=O) groups excluding carboxylic acids is 1. The van der Waals surface area contributed by atoms with Crippen molar-refractivity contribution in [3.63, 3.8) is 0 Å². The maximum absolute atomic E-state index is 11.6. The Bertz CT molecular complexity index is 408. The normalized spacial score (nSPS) is 10.5. The van der Waals surface area contributed by atoms with Crippen molar-refractivity contribution in [2.24, 2.45) is 0 Å². The van der Waals surface area contributed by atoms with Crippen LogP contribution in [0, 0.1) is 0 Å². The number of hydrogen-bond acceptors (Lipinski definition) is 4. The van der Waals surface area contributed by atoms with Crippen LogP contribution in [0.1, 0.15) is 10.4 Å². The van der Waals surface area contributed by atoms with Crippen LogP contribution in [0.4, 0.5) is 5.69 Å². The van der Waals surface area contributed by atoms with Crippen LogP contribution in [-0.4, -0.2) is 40.0 Å². The van der Waals surface area contributed by atoms with E-state index in [1.165, 1.54) is 0 Å². The van der Waals surface area contributed by atoms with Crippen LogP contribution in [0.5, 0.6) is 0 Å². The molecule has 1 amide bonds. The summed E-state index contributed by atoms with van der Waals surface area (Å²) in [6.07, 6.45) is -0.343. The van der Waals surface area contributed by atoms with Gasteiger partial charge in [0.2, 0.25) is 0 Å². The van der Waals surface area contributed by atoms with Crippen LogP contribution in [0.3, 0.4) is 0 Å². The summed E-state index contributed by atoms with van der Waals surface area (Å²) >= 11 is 5.95. The van der Waals surface area contributed by atoms with Crippen molar-refractivity contribution in [2.75, 3.05) is 33.1 Å². The second-order valence-corrected chi connectivity index (χ2v) is 3.96. The van der Waals surface area contributed by atoms with Gasteiger partial charge in [-0.25, -0.2) is 0 Å². The van der Waals surface area contributed by atoms with Crippen molar-refractivity contribution in [2.45, 2.75) is 6.29 Å². The van der Waals surface area contributed by atoms with Crippen molar-refractivity contribution in [3.8, 4) is 0 Å². The van der Waals surface area contributed by atoms with Gasteiger partial charge in [-0.15, -0.1) is 0 Å². The Morgan fingerprint density at radius 1 is 1.39 bits per heavy atom. The molecule has 0 heterocycles. The van der Waals surface area contributed by atoms with Gasteiger partial charge in [-0.3, -0.25) is 4.79 Å². The molecule has 0 radical (unpaired) electrons. The van der Waals surface area contributed by atoms with Crippen molar-refractivity contribution in [3.05, 3.63) is 28.8 Å². The monoisotopic (exact) mass is 272 g/mol. The molecule has 1 rings (SSSR count). The van der Waals surface area contributed by atoms with Crippen molar-refractivity contribution in [1.82, 2.24) is 5.32 Å². The number of hydrogen-bond donors (Lipinski definition) is 2. The highest BCUT2D eigenvalue weighted by Crippen LogP contribution is 2.20. The van der Waals surface area contributed by atoms with Crippen LogP contribution in [-0.2, 0) is 9.47 Å². The number of rotatable bonds is 6. The summed E-state index contributed by atoms with van der Waals surface area (Å²) in [6.45, 7) is 0.474. The summed E-state index contributed by atoms with van der Waals surface area (Å²) in [5, 5.41) is 6.05. The number of nitrogens with one attached hydrogen (secondary N) is 2. The Morgan fingerprint density at radius 2 is 2.06 bits per heavy atom. The van der Waals surface area contributed by atoms with E-state index < -0.39 is 0 Å². The predicted octanol–water partition coefficient (Wildman–Crippen LogP) is 1.73. The fourth-order valence-corrected chi connectivity index (χ4v) is 1.61. The van der Waals surface area contributed by atoms with Gasteiger partial charge in [-0.05, 0) is 18.2 Å². The number of methoxy groups -OCH3 is 2. The van der Waals surface area contributed by atoms with E-state index in [1.54, 1.807) is 39.5 Å². The lowest BCUT2D eigenvalue weighted by Crippen LogP contribution is -2.24. The number of amides is 1. The van der Waals surface area contributed by atoms with Gasteiger partial charge in [-0.2, -0.15) is 0 Å². The van der Waals surface area contributed by atoms with Crippen LogP contribution >= 0.6 is 11.6 Å². The maximum Gasteiger partial charge on any atom is 0.252 e. The summed E-state index contributed by atoms with van der Waals surface area (Å²) < 4.78 is 10.1. The summed E-state index contributed by atoms with van der Waals surface area (Å²) in [4.78, 5) is 11.6. The number of anilines is 1. The minimum absolute atomic E-state index is 0.223. The quantitative estimate of drug-likeness (QED) is 0.775. The molecule has 0 aromatic heterocycles. The van der Waals surface area contributed by atoms with Gasteiger partial charge in [-0.1, -0.05) is 11.6 Å². The SMILES string of the molecule is CNC(=O)c1cc(NCC(OC)OC)ccc1Cl. The molecule has 2 N–H and O–H groups in total. The number of halogens is 1. The van der Waals surface area contributed by atoms with Crippen molar-refractivity contribution >= 4 is 23.2 Å². The van der Waals surface area contributed by atoms with E-state index in [-0.39, 0.29) is 12.2 Å². The molecular weight excluding hydrogens is 256 g/mol. The molecule has 18 heavy (non-hydrogen) atoms. The topological polar surface area (TPSA) is 59.6 Å². The third-order valence-corrected chi connectivity index (χ3v) is 2.77. The zero-order chi connectivity index (χ0) is 13.5. The standard InChI is InChI=1S/C12H17ClN2O3/c1-14-12(16)9-6-8(4-5-10(9)13)15-7-11(17-2)18-3/h4-6,11,15H,7H2,1-3H3,(H,14,16). The Morgan fingerprint density at radius 3 is 2.61 bits per heavy atom. The molecule has 6 heteroatoms. The van der Waals surface area contributed by atoms with Crippen molar-refractivity contribution in [1.29, 1.82) is 0 Å². The Kier molecular flexibility index (Phi) is 5.91. The summed E-state index contributed by atoms with van der Waals surface area (Å²) in [5.41, 5.74) is 1.20. The average Bonchev–Trinajstić information content (AvgIpc) is 2.40. The summed E-state index contributed by atoms with van der Waals surface area (Å²) in [6, 6.07) is 5.14. The van der Waals surface area contributed by atoms with Gasteiger partial charge in [0, 0.05) is 27.0 Å². The van der Waals surface area contributed by atoms with E-state index in [4.69, 9.17) is 21.1 Å². The molecule has 0 fully saturated rings. The Labute approximate surface area is 111 Å². The fraction of sp³-hybridized carbons (Fsp3) is 0.417. The van der Waals surface area contributed by atoms with E-state index in [1.807, 2.05) is 0 Å². The van der Waals surface area contributed by atoms with E-state index >= 15 is 0 Å². The lowest BCUT2D eigenvalue weighted by molar-refractivity contribution is -0.0914. The minimum atomic E-state index is -0.343. The molecule has 0 bridgehead atoms. The largest absolute Gasteiger partial charge is 0.380 e. The highest BCUT2D eigenvalue weighted by atomic mass is 35.5. The first kappa shape index (κ1) is 14.8. The number of benzene rings is 1. The molecule has 0 saturated heterocycles. The molecule has 1 aromatic rings. The Balaban J connectivity index is 2.76. The lowest BCUT2D eigenvalue weighted by atomic mass is 10.2. The molecule has 100 valence electrons. The highest BCUT2D eigenvalue weighted by Gasteiger charge is 2.10. The van der Waals surface area contributed by atoms with Crippen molar-refractivity contribution < 1.29 is 14.3 Å². The van der Waals surface area contributed by atoms with E-state index in [0.717, 1.165) is 5.69 Å². The molecule has 5 nitrogen and oxygen atoms in total. The molecule has 0 aliphatic carbocycles. The molecule has 0 saturated carbocycles. The predicted molar refractivity (Wildman–Crippen MR) is 71.1 cm³/mol. The molecule has 0 aliphatic rings. The average molecular weight is 273 g/mol. The molecular formula is C12H17ClN2O3. The molecule has 1 aromatic carbocycles. The van der Waals surface area contributed by atoms with Gasteiger partial charge >= 0.3 is 0 Å². The summed E-state index contributed by atoms with van der Waals surface area (Å²) in [5.74, 6) is -0.223. The van der Waals surface area contributed by atoms with E-state index in [9.17, 15) is 4.79 Å². The van der Waals surface area contributed by atoms with Gasteiger partial charge < -0.3 is 20.1 Å². The maximum atomic E-state index is 11.6. The second kappa shape index (κ2) is 7.20. The molecule has 0 atom stereocenters. The van der Waals surface area contributed by atoms with Gasteiger partial charge in [0.25, 0.3) is 5.91 Å². The minimum Gasteiger partial charge on any atom is -0.380 e. The smallest absolute Gasteiger partial charge is 0.252 e. The first-order chi connectivity index (χ1) is 8.62. The zero-order valence-electron chi connectivity index (χ0n) is 10.6.